The molecule has 0 aliphatic heterocycles. The second-order valence-electron chi connectivity index (χ2n) is 7.00. The van der Waals surface area contributed by atoms with Crippen LogP contribution in [0.5, 0.6) is 5.75 Å². The Labute approximate surface area is 166 Å². The zero-order valence-corrected chi connectivity index (χ0v) is 16.2. The third-order valence-electron chi connectivity index (χ3n) is 4.88. The SMILES string of the molecule is CCCCCCOc1ccc(-c2ccc(-c3nc4ccccc4o3)cc2)cc1. The zero-order chi connectivity index (χ0) is 19.2. The van der Waals surface area contributed by atoms with E-state index in [2.05, 4.69) is 48.3 Å². The Morgan fingerprint density at radius 2 is 1.43 bits per heavy atom. The number of aromatic nitrogens is 1. The van der Waals surface area contributed by atoms with Gasteiger partial charge in [-0.1, -0.05) is 62.6 Å². The van der Waals surface area contributed by atoms with Crippen LogP contribution in [0.2, 0.25) is 0 Å². The number of hydrogen-bond donors (Lipinski definition) is 0. The van der Waals surface area contributed by atoms with E-state index in [-0.39, 0.29) is 0 Å². The highest BCUT2D eigenvalue weighted by Crippen LogP contribution is 2.28. The number of para-hydroxylation sites is 2. The maximum Gasteiger partial charge on any atom is 0.227 e. The van der Waals surface area contributed by atoms with Gasteiger partial charge in [-0.2, -0.15) is 0 Å². The number of hydrogen-bond acceptors (Lipinski definition) is 3. The Hall–Kier alpha value is -3.07. The summed E-state index contributed by atoms with van der Waals surface area (Å²) in [6.45, 7) is 3.01. The van der Waals surface area contributed by atoms with Crippen molar-refractivity contribution < 1.29 is 9.15 Å². The Balaban J connectivity index is 1.42. The maximum atomic E-state index is 5.85. The molecule has 0 bridgehead atoms. The van der Waals surface area contributed by atoms with Crippen molar-refractivity contribution in [2.24, 2.45) is 0 Å². The predicted octanol–water partition coefficient (Wildman–Crippen LogP) is 7.12. The maximum absolute atomic E-state index is 5.85. The van der Waals surface area contributed by atoms with Crippen LogP contribution >= 0.6 is 0 Å². The molecule has 0 unspecified atom stereocenters. The molecule has 0 saturated heterocycles. The first-order valence-corrected chi connectivity index (χ1v) is 10.0. The molecular weight excluding hydrogens is 346 g/mol. The monoisotopic (exact) mass is 371 g/mol. The molecule has 3 nitrogen and oxygen atoms in total. The average molecular weight is 371 g/mol. The van der Waals surface area contributed by atoms with Crippen LogP contribution in [-0.2, 0) is 0 Å². The van der Waals surface area contributed by atoms with E-state index in [1.807, 2.05) is 36.4 Å². The van der Waals surface area contributed by atoms with Gasteiger partial charge in [0.2, 0.25) is 5.89 Å². The highest BCUT2D eigenvalue weighted by atomic mass is 16.5. The summed E-state index contributed by atoms with van der Waals surface area (Å²) in [4.78, 5) is 4.56. The molecule has 0 aliphatic rings. The molecule has 0 spiro atoms. The van der Waals surface area contributed by atoms with Crippen LogP contribution in [-0.4, -0.2) is 11.6 Å². The minimum absolute atomic E-state index is 0.652. The second kappa shape index (κ2) is 8.75. The van der Waals surface area contributed by atoms with Crippen LogP contribution in [0.25, 0.3) is 33.7 Å². The van der Waals surface area contributed by atoms with Gasteiger partial charge < -0.3 is 9.15 Å². The molecule has 4 rings (SSSR count). The lowest BCUT2D eigenvalue weighted by Gasteiger charge is -2.07. The molecule has 0 radical (unpaired) electrons. The van der Waals surface area contributed by atoms with Crippen LogP contribution in [0, 0.1) is 0 Å². The summed E-state index contributed by atoms with van der Waals surface area (Å²) < 4.78 is 11.7. The van der Waals surface area contributed by atoms with Crippen molar-refractivity contribution in [1.29, 1.82) is 0 Å². The van der Waals surface area contributed by atoms with Gasteiger partial charge in [-0.3, -0.25) is 0 Å². The van der Waals surface area contributed by atoms with E-state index in [9.17, 15) is 0 Å². The largest absolute Gasteiger partial charge is 0.494 e. The number of rotatable bonds is 8. The lowest BCUT2D eigenvalue weighted by molar-refractivity contribution is 0.305. The number of ether oxygens (including phenoxy) is 1. The van der Waals surface area contributed by atoms with Crippen molar-refractivity contribution in [3.8, 4) is 28.3 Å². The highest BCUT2D eigenvalue weighted by Gasteiger charge is 2.08. The van der Waals surface area contributed by atoms with E-state index in [1.54, 1.807) is 0 Å². The zero-order valence-electron chi connectivity index (χ0n) is 16.2. The summed E-state index contributed by atoms with van der Waals surface area (Å²) >= 11 is 0. The summed E-state index contributed by atoms with van der Waals surface area (Å²) in [5, 5.41) is 0. The molecule has 28 heavy (non-hydrogen) atoms. The van der Waals surface area contributed by atoms with Gasteiger partial charge in [0.15, 0.2) is 5.58 Å². The van der Waals surface area contributed by atoms with Crippen LogP contribution in [0.3, 0.4) is 0 Å². The molecule has 1 heterocycles. The molecule has 3 heteroatoms. The number of unbranched alkanes of at least 4 members (excludes halogenated alkanes) is 3. The minimum atomic E-state index is 0.652. The summed E-state index contributed by atoms with van der Waals surface area (Å²) in [6, 6.07) is 24.4. The summed E-state index contributed by atoms with van der Waals surface area (Å²) in [7, 11) is 0. The van der Waals surface area contributed by atoms with E-state index < -0.39 is 0 Å². The van der Waals surface area contributed by atoms with Gasteiger partial charge in [0, 0.05) is 5.56 Å². The first kappa shape index (κ1) is 18.3. The predicted molar refractivity (Wildman–Crippen MR) is 115 cm³/mol. The fraction of sp³-hybridized carbons (Fsp3) is 0.240. The van der Waals surface area contributed by atoms with E-state index in [4.69, 9.17) is 9.15 Å². The number of fused-ring (bicyclic) bond motifs is 1. The third-order valence-corrected chi connectivity index (χ3v) is 4.88. The fourth-order valence-electron chi connectivity index (χ4n) is 3.26. The van der Waals surface area contributed by atoms with Gasteiger partial charge in [0.1, 0.15) is 11.3 Å². The van der Waals surface area contributed by atoms with Gasteiger partial charge in [0.05, 0.1) is 6.61 Å². The number of oxazole rings is 1. The summed E-state index contributed by atoms with van der Waals surface area (Å²) in [5.74, 6) is 1.59. The Morgan fingerprint density at radius 3 is 2.14 bits per heavy atom. The third kappa shape index (κ3) is 4.25. The molecule has 142 valence electrons. The van der Waals surface area contributed by atoms with Gasteiger partial charge in [-0.05, 0) is 53.9 Å². The number of benzene rings is 3. The first-order valence-electron chi connectivity index (χ1n) is 10.0. The fourth-order valence-corrected chi connectivity index (χ4v) is 3.26. The molecule has 0 atom stereocenters. The molecule has 1 aromatic heterocycles. The topological polar surface area (TPSA) is 35.3 Å². The van der Waals surface area contributed by atoms with E-state index in [0.717, 1.165) is 41.0 Å². The van der Waals surface area contributed by atoms with Crippen molar-refractivity contribution >= 4 is 11.1 Å². The molecule has 0 fully saturated rings. The second-order valence-corrected chi connectivity index (χ2v) is 7.00. The van der Waals surface area contributed by atoms with Gasteiger partial charge in [0.25, 0.3) is 0 Å². The van der Waals surface area contributed by atoms with Crippen LogP contribution < -0.4 is 4.74 Å². The molecule has 0 aliphatic carbocycles. The number of nitrogens with zero attached hydrogens (tertiary/aromatic N) is 1. The Bertz CT molecular complexity index is 984. The van der Waals surface area contributed by atoms with Gasteiger partial charge >= 0.3 is 0 Å². The summed E-state index contributed by atoms with van der Waals surface area (Å²) in [5.41, 5.74) is 5.00. The van der Waals surface area contributed by atoms with E-state index in [1.165, 1.54) is 24.8 Å². The average Bonchev–Trinajstić information content (AvgIpc) is 3.19. The molecule has 0 saturated carbocycles. The lowest BCUT2D eigenvalue weighted by Crippen LogP contribution is -1.96. The van der Waals surface area contributed by atoms with E-state index >= 15 is 0 Å². The highest BCUT2D eigenvalue weighted by molar-refractivity contribution is 5.76. The summed E-state index contributed by atoms with van der Waals surface area (Å²) in [6.07, 6.45) is 4.88. The molecular formula is C25H25NO2. The van der Waals surface area contributed by atoms with Crippen molar-refractivity contribution in [2.75, 3.05) is 6.61 Å². The molecule has 0 N–H and O–H groups in total. The molecule has 0 amide bonds. The van der Waals surface area contributed by atoms with Crippen molar-refractivity contribution in [3.05, 3.63) is 72.8 Å². The smallest absolute Gasteiger partial charge is 0.227 e. The Kier molecular flexibility index (Phi) is 5.72. The standard InChI is InChI=1S/C25H25NO2/c1-2-3-4-7-18-27-22-16-14-20(15-17-22)19-10-12-21(13-11-19)25-26-23-8-5-6-9-24(23)28-25/h5-6,8-17H,2-4,7,18H2,1H3. The Morgan fingerprint density at radius 1 is 0.750 bits per heavy atom. The normalized spacial score (nSPS) is 11.0. The first-order chi connectivity index (χ1) is 13.8. The van der Waals surface area contributed by atoms with Crippen LogP contribution in [0.4, 0.5) is 0 Å². The van der Waals surface area contributed by atoms with Crippen molar-refractivity contribution in [2.45, 2.75) is 32.6 Å². The van der Waals surface area contributed by atoms with Gasteiger partial charge in [-0.25, -0.2) is 4.98 Å². The van der Waals surface area contributed by atoms with Crippen molar-refractivity contribution in [3.63, 3.8) is 0 Å². The van der Waals surface area contributed by atoms with E-state index in [0.29, 0.717) is 5.89 Å². The quantitative estimate of drug-likeness (QED) is 0.309. The lowest BCUT2D eigenvalue weighted by atomic mass is 10.0. The molecule has 3 aromatic carbocycles. The minimum Gasteiger partial charge on any atom is -0.494 e. The van der Waals surface area contributed by atoms with Crippen molar-refractivity contribution in [1.82, 2.24) is 4.98 Å². The van der Waals surface area contributed by atoms with Crippen LogP contribution in [0.1, 0.15) is 32.6 Å². The van der Waals surface area contributed by atoms with Gasteiger partial charge in [-0.15, -0.1) is 0 Å². The van der Waals surface area contributed by atoms with Crippen LogP contribution in [0.15, 0.2) is 77.2 Å². The molecule has 4 aromatic rings.